The van der Waals surface area contributed by atoms with Crippen molar-refractivity contribution in [2.45, 2.75) is 22.6 Å². The standard InChI is InChI=1S/C14H13F2NO3S/c15-14(16)7-9-6-12(4-5-13(9)18)21(19,20)11-3-1-2-10(17)8-11/h1-6,8,14,18H,7,17H2. The Morgan fingerprint density at radius 3 is 2.38 bits per heavy atom. The molecule has 3 N–H and O–H groups in total. The summed E-state index contributed by atoms with van der Waals surface area (Å²) in [4.78, 5) is -0.197. The zero-order valence-corrected chi connectivity index (χ0v) is 11.6. The highest BCUT2D eigenvalue weighted by molar-refractivity contribution is 7.91. The third-order valence-corrected chi connectivity index (χ3v) is 4.65. The van der Waals surface area contributed by atoms with Crippen molar-refractivity contribution in [3.05, 3.63) is 48.0 Å². The van der Waals surface area contributed by atoms with Gasteiger partial charge in [-0.25, -0.2) is 17.2 Å². The highest BCUT2D eigenvalue weighted by Crippen LogP contribution is 2.28. The maximum absolute atomic E-state index is 12.4. The summed E-state index contributed by atoms with van der Waals surface area (Å²) in [7, 11) is -3.87. The van der Waals surface area contributed by atoms with Gasteiger partial charge in [-0.05, 0) is 36.4 Å². The molecular formula is C14H13F2NO3S. The fraction of sp³-hybridized carbons (Fsp3) is 0.143. The molecule has 0 heterocycles. The number of nitrogens with two attached hydrogens (primary N) is 1. The predicted molar refractivity (Wildman–Crippen MR) is 74.1 cm³/mol. The Morgan fingerprint density at radius 1 is 1.10 bits per heavy atom. The molecule has 4 nitrogen and oxygen atoms in total. The molecule has 2 aromatic rings. The van der Waals surface area contributed by atoms with Crippen molar-refractivity contribution >= 4 is 15.5 Å². The molecule has 112 valence electrons. The molecule has 0 aliphatic rings. The largest absolute Gasteiger partial charge is 0.508 e. The summed E-state index contributed by atoms with van der Waals surface area (Å²) in [5.41, 5.74) is 5.71. The minimum absolute atomic E-state index is 0.0313. The molecule has 0 fully saturated rings. The summed E-state index contributed by atoms with van der Waals surface area (Å²) in [5.74, 6) is -0.359. The van der Waals surface area contributed by atoms with Crippen molar-refractivity contribution in [3.63, 3.8) is 0 Å². The summed E-state index contributed by atoms with van der Waals surface area (Å²) in [6, 6.07) is 9.00. The second kappa shape index (κ2) is 5.69. The van der Waals surface area contributed by atoms with E-state index < -0.39 is 22.7 Å². The zero-order chi connectivity index (χ0) is 15.6. The number of nitrogen functional groups attached to an aromatic ring is 1. The molecule has 0 saturated carbocycles. The number of rotatable bonds is 4. The van der Waals surface area contributed by atoms with Crippen LogP contribution >= 0.6 is 0 Å². The number of halogens is 2. The quantitative estimate of drug-likeness (QED) is 0.850. The van der Waals surface area contributed by atoms with Crippen LogP contribution in [0.15, 0.2) is 52.3 Å². The molecule has 0 aromatic heterocycles. The molecule has 0 saturated heterocycles. The first-order chi connectivity index (χ1) is 9.80. The first-order valence-electron chi connectivity index (χ1n) is 6.01. The summed E-state index contributed by atoms with van der Waals surface area (Å²) >= 11 is 0. The first kappa shape index (κ1) is 15.2. The van der Waals surface area contributed by atoms with Gasteiger partial charge in [-0.1, -0.05) is 6.07 Å². The molecule has 0 unspecified atom stereocenters. The maximum atomic E-state index is 12.4. The smallest absolute Gasteiger partial charge is 0.242 e. The van der Waals surface area contributed by atoms with Gasteiger partial charge in [0.15, 0.2) is 0 Å². The SMILES string of the molecule is Nc1cccc(S(=O)(=O)c2ccc(O)c(CC(F)F)c2)c1. The minimum atomic E-state index is -3.87. The van der Waals surface area contributed by atoms with E-state index in [0.29, 0.717) is 0 Å². The van der Waals surface area contributed by atoms with Crippen LogP contribution in [0.25, 0.3) is 0 Å². The minimum Gasteiger partial charge on any atom is -0.508 e. The monoisotopic (exact) mass is 313 g/mol. The van der Waals surface area contributed by atoms with Gasteiger partial charge in [0.25, 0.3) is 0 Å². The lowest BCUT2D eigenvalue weighted by Gasteiger charge is -2.09. The average molecular weight is 313 g/mol. The number of aromatic hydroxyl groups is 1. The molecule has 21 heavy (non-hydrogen) atoms. The van der Waals surface area contributed by atoms with E-state index in [4.69, 9.17) is 5.73 Å². The normalized spacial score (nSPS) is 11.8. The molecule has 0 aliphatic heterocycles. The van der Waals surface area contributed by atoms with Gasteiger partial charge in [0.1, 0.15) is 5.75 Å². The third-order valence-electron chi connectivity index (χ3n) is 2.90. The van der Waals surface area contributed by atoms with E-state index >= 15 is 0 Å². The fourth-order valence-corrected chi connectivity index (χ4v) is 3.24. The first-order valence-corrected chi connectivity index (χ1v) is 7.49. The number of hydrogen-bond donors (Lipinski definition) is 2. The molecule has 2 rings (SSSR count). The van der Waals surface area contributed by atoms with Crippen molar-refractivity contribution in [1.82, 2.24) is 0 Å². The Labute approximate surface area is 120 Å². The number of sulfone groups is 1. The van der Waals surface area contributed by atoms with Crippen LogP contribution in [0.4, 0.5) is 14.5 Å². The Morgan fingerprint density at radius 2 is 1.76 bits per heavy atom. The van der Waals surface area contributed by atoms with Gasteiger partial charge in [-0.15, -0.1) is 0 Å². The molecule has 7 heteroatoms. The highest BCUT2D eigenvalue weighted by atomic mass is 32.2. The average Bonchev–Trinajstić information content (AvgIpc) is 2.40. The van der Waals surface area contributed by atoms with Crippen LogP contribution in [-0.4, -0.2) is 19.9 Å². The van der Waals surface area contributed by atoms with Crippen molar-refractivity contribution < 1.29 is 22.3 Å². The highest BCUT2D eigenvalue weighted by Gasteiger charge is 2.20. The summed E-state index contributed by atoms with van der Waals surface area (Å²) < 4.78 is 49.7. The Hall–Kier alpha value is -2.15. The molecule has 0 aliphatic carbocycles. The van der Waals surface area contributed by atoms with Crippen molar-refractivity contribution in [2.24, 2.45) is 0 Å². The number of anilines is 1. The number of alkyl halides is 2. The van der Waals surface area contributed by atoms with Crippen LogP contribution in [0.5, 0.6) is 5.75 Å². The van der Waals surface area contributed by atoms with Crippen molar-refractivity contribution in [3.8, 4) is 5.75 Å². The fourth-order valence-electron chi connectivity index (χ4n) is 1.88. The van der Waals surface area contributed by atoms with E-state index in [9.17, 15) is 22.3 Å². The lowest BCUT2D eigenvalue weighted by atomic mass is 10.1. The Balaban J connectivity index is 2.50. The molecule has 2 aromatic carbocycles. The second-order valence-electron chi connectivity index (χ2n) is 4.46. The van der Waals surface area contributed by atoms with Gasteiger partial charge in [-0.2, -0.15) is 0 Å². The molecule has 0 atom stereocenters. The topological polar surface area (TPSA) is 80.4 Å². The van der Waals surface area contributed by atoms with E-state index in [-0.39, 0.29) is 26.8 Å². The van der Waals surface area contributed by atoms with Gasteiger partial charge in [-0.3, -0.25) is 0 Å². The predicted octanol–water partition coefficient (Wildman–Crippen LogP) is 2.61. The lowest BCUT2D eigenvalue weighted by molar-refractivity contribution is 0.148. The zero-order valence-electron chi connectivity index (χ0n) is 10.8. The Kier molecular flexibility index (Phi) is 4.13. The van der Waals surface area contributed by atoms with Crippen molar-refractivity contribution in [2.75, 3.05) is 5.73 Å². The molecule has 0 radical (unpaired) electrons. The van der Waals surface area contributed by atoms with Gasteiger partial charge in [0.2, 0.25) is 16.3 Å². The van der Waals surface area contributed by atoms with E-state index in [2.05, 4.69) is 0 Å². The molecule has 0 spiro atoms. The molecular weight excluding hydrogens is 300 g/mol. The van der Waals surface area contributed by atoms with Gasteiger partial charge in [0.05, 0.1) is 9.79 Å². The summed E-state index contributed by atoms with van der Waals surface area (Å²) in [6.45, 7) is 0. The molecule has 0 amide bonds. The van der Waals surface area contributed by atoms with E-state index in [1.807, 2.05) is 0 Å². The number of benzene rings is 2. The van der Waals surface area contributed by atoms with Crippen molar-refractivity contribution in [1.29, 1.82) is 0 Å². The Bertz CT molecular complexity index is 761. The number of hydrogen-bond acceptors (Lipinski definition) is 4. The van der Waals surface area contributed by atoms with Crippen LogP contribution in [0, 0.1) is 0 Å². The van der Waals surface area contributed by atoms with Crippen LogP contribution in [0.2, 0.25) is 0 Å². The third kappa shape index (κ3) is 3.30. The number of phenolic OH excluding ortho intramolecular Hbond substituents is 1. The van der Waals surface area contributed by atoms with Crippen LogP contribution in [-0.2, 0) is 16.3 Å². The van der Waals surface area contributed by atoms with Crippen LogP contribution < -0.4 is 5.73 Å². The summed E-state index contributed by atoms with van der Waals surface area (Å²) in [5, 5.41) is 9.52. The van der Waals surface area contributed by atoms with E-state index in [1.165, 1.54) is 30.3 Å². The molecule has 0 bridgehead atoms. The van der Waals surface area contributed by atoms with Crippen LogP contribution in [0.3, 0.4) is 0 Å². The van der Waals surface area contributed by atoms with Gasteiger partial charge < -0.3 is 10.8 Å². The summed E-state index contributed by atoms with van der Waals surface area (Å²) in [6.07, 6.45) is -3.40. The second-order valence-corrected chi connectivity index (χ2v) is 6.41. The number of phenols is 1. The van der Waals surface area contributed by atoms with E-state index in [1.54, 1.807) is 0 Å². The lowest BCUT2D eigenvalue weighted by Crippen LogP contribution is -2.05. The van der Waals surface area contributed by atoms with E-state index in [0.717, 1.165) is 12.1 Å². The van der Waals surface area contributed by atoms with Gasteiger partial charge >= 0.3 is 0 Å². The van der Waals surface area contributed by atoms with Crippen LogP contribution in [0.1, 0.15) is 5.56 Å². The van der Waals surface area contributed by atoms with Gasteiger partial charge in [0, 0.05) is 17.7 Å². The maximum Gasteiger partial charge on any atom is 0.242 e.